The Morgan fingerprint density at radius 3 is 2.91 bits per heavy atom. The van der Waals surface area contributed by atoms with Crippen molar-refractivity contribution in [3.63, 3.8) is 0 Å². The summed E-state index contributed by atoms with van der Waals surface area (Å²) in [5, 5.41) is 0.617. The van der Waals surface area contributed by atoms with Crippen LogP contribution in [0.5, 0.6) is 0 Å². The Morgan fingerprint density at radius 2 is 2.36 bits per heavy atom. The fraction of sp³-hybridized carbons (Fsp3) is 0.143. The molecule has 1 radical (unpaired) electrons. The van der Waals surface area contributed by atoms with Gasteiger partial charge in [0.05, 0.1) is 0 Å². The summed E-state index contributed by atoms with van der Waals surface area (Å²) in [4.78, 5) is 10.5. The van der Waals surface area contributed by atoms with Crippen molar-refractivity contribution in [2.45, 2.75) is 11.6 Å². The van der Waals surface area contributed by atoms with E-state index in [9.17, 15) is 4.79 Å². The number of carbonyl (C=O) groups is 1. The topological polar surface area (TPSA) is 47.0 Å². The van der Waals surface area contributed by atoms with Crippen molar-refractivity contribution in [2.24, 2.45) is 5.73 Å². The smallest absolute Gasteiger partial charge is 0.283 e. The molecule has 0 unspecified atom stereocenters. The maximum atomic E-state index is 10.5. The number of pyridine rings is 1. The third-order valence-corrected chi connectivity index (χ3v) is 1.60. The molecule has 11 heavy (non-hydrogen) atoms. The second-order valence-corrected chi connectivity index (χ2v) is 2.55. The molecule has 1 aromatic heterocycles. The van der Waals surface area contributed by atoms with Gasteiger partial charge in [0, 0.05) is 12.1 Å². The van der Waals surface area contributed by atoms with Crippen LogP contribution in [0.3, 0.4) is 0 Å². The number of nitrogens with zero attached hydrogens (tertiary/aromatic N) is 1. The van der Waals surface area contributed by atoms with Crippen LogP contribution in [0.15, 0.2) is 29.4 Å². The Labute approximate surface area is 70.2 Å². The second kappa shape index (κ2) is 3.30. The van der Waals surface area contributed by atoms with E-state index in [1.54, 1.807) is 22.9 Å². The summed E-state index contributed by atoms with van der Waals surface area (Å²) in [7, 11) is 0. The van der Waals surface area contributed by atoms with Crippen LogP contribution in [0.2, 0.25) is 0 Å². The van der Waals surface area contributed by atoms with E-state index in [1.165, 1.54) is 0 Å². The van der Waals surface area contributed by atoms with Gasteiger partial charge in [-0.3, -0.25) is 4.79 Å². The van der Waals surface area contributed by atoms with Crippen LogP contribution in [0, 0.1) is 0 Å². The molecule has 2 N–H and O–H groups in total. The number of hydrogen-bond donors (Lipinski definition) is 1. The molecular weight excluding hydrogens is 160 g/mol. The van der Waals surface area contributed by atoms with E-state index in [0.29, 0.717) is 5.03 Å². The summed E-state index contributed by atoms with van der Waals surface area (Å²) in [6, 6.07) is 5.37. The SMILES string of the molecule is NC(=O)C[n+]1ccccc1[S]. The Balaban J connectivity index is 2.86. The van der Waals surface area contributed by atoms with Crippen molar-refractivity contribution in [1.82, 2.24) is 0 Å². The van der Waals surface area contributed by atoms with Gasteiger partial charge in [-0.25, -0.2) is 0 Å². The summed E-state index contributed by atoms with van der Waals surface area (Å²) in [5.74, 6) is -0.382. The van der Waals surface area contributed by atoms with E-state index < -0.39 is 0 Å². The van der Waals surface area contributed by atoms with Crippen molar-refractivity contribution in [3.05, 3.63) is 24.4 Å². The van der Waals surface area contributed by atoms with E-state index in [1.807, 2.05) is 6.07 Å². The Bertz CT molecular complexity index is 275. The van der Waals surface area contributed by atoms with Gasteiger partial charge in [-0.05, 0) is 18.7 Å². The monoisotopic (exact) mass is 168 g/mol. The summed E-state index contributed by atoms with van der Waals surface area (Å²) in [6.45, 7) is 0.152. The van der Waals surface area contributed by atoms with E-state index in [4.69, 9.17) is 18.4 Å². The van der Waals surface area contributed by atoms with Gasteiger partial charge in [0.25, 0.3) is 10.9 Å². The molecule has 0 bridgehead atoms. The maximum Gasteiger partial charge on any atom is 0.283 e. The molecule has 0 spiro atoms. The zero-order chi connectivity index (χ0) is 8.27. The number of carbonyl (C=O) groups excluding carboxylic acids is 1. The second-order valence-electron chi connectivity index (χ2n) is 2.13. The average molecular weight is 168 g/mol. The Kier molecular flexibility index (Phi) is 2.38. The number of aromatic nitrogens is 1. The van der Waals surface area contributed by atoms with Crippen molar-refractivity contribution < 1.29 is 9.36 Å². The Hall–Kier alpha value is -1.16. The first-order valence-electron chi connectivity index (χ1n) is 3.14. The van der Waals surface area contributed by atoms with Crippen molar-refractivity contribution in [2.75, 3.05) is 0 Å². The molecular formula is C7H8N2OS+. The molecule has 0 fully saturated rings. The Morgan fingerprint density at radius 1 is 1.64 bits per heavy atom. The highest BCUT2D eigenvalue weighted by Gasteiger charge is 2.08. The minimum atomic E-state index is -0.382. The molecule has 0 aliphatic heterocycles. The molecule has 1 amide bonds. The van der Waals surface area contributed by atoms with E-state index in [2.05, 4.69) is 0 Å². The molecule has 0 saturated carbocycles. The lowest BCUT2D eigenvalue weighted by molar-refractivity contribution is -0.720. The fourth-order valence-electron chi connectivity index (χ4n) is 0.759. The number of hydrogen-bond acceptors (Lipinski definition) is 1. The van der Waals surface area contributed by atoms with Crippen LogP contribution in [0.1, 0.15) is 0 Å². The fourth-order valence-corrected chi connectivity index (χ4v) is 0.963. The van der Waals surface area contributed by atoms with E-state index in [0.717, 1.165) is 0 Å². The highest BCUT2D eigenvalue weighted by molar-refractivity contribution is 7.80. The molecule has 0 aliphatic carbocycles. The summed E-state index contributed by atoms with van der Waals surface area (Å²) in [6.07, 6.45) is 1.73. The van der Waals surface area contributed by atoms with Gasteiger partial charge < -0.3 is 5.73 Å². The first-order chi connectivity index (χ1) is 5.20. The van der Waals surface area contributed by atoms with Gasteiger partial charge in [-0.15, -0.1) is 0 Å². The molecule has 0 aliphatic rings. The molecule has 1 heterocycles. The first kappa shape index (κ1) is 7.94. The normalized spacial score (nSPS) is 9.45. The van der Waals surface area contributed by atoms with Crippen LogP contribution in [0.25, 0.3) is 0 Å². The zero-order valence-electron chi connectivity index (χ0n) is 5.86. The van der Waals surface area contributed by atoms with Crippen LogP contribution >= 0.6 is 12.6 Å². The van der Waals surface area contributed by atoms with Crippen LogP contribution in [-0.2, 0) is 11.3 Å². The third kappa shape index (κ3) is 2.16. The molecule has 0 atom stereocenters. The van der Waals surface area contributed by atoms with E-state index >= 15 is 0 Å². The van der Waals surface area contributed by atoms with E-state index in [-0.39, 0.29) is 12.5 Å². The first-order valence-corrected chi connectivity index (χ1v) is 3.55. The lowest BCUT2D eigenvalue weighted by Crippen LogP contribution is -2.41. The predicted molar refractivity (Wildman–Crippen MR) is 41.7 cm³/mol. The quantitative estimate of drug-likeness (QED) is 0.621. The highest BCUT2D eigenvalue weighted by Crippen LogP contribution is 1.94. The highest BCUT2D eigenvalue weighted by atomic mass is 32.1. The summed E-state index contributed by atoms with van der Waals surface area (Å²) in [5.41, 5.74) is 4.99. The lowest BCUT2D eigenvalue weighted by atomic mass is 10.4. The van der Waals surface area contributed by atoms with Gasteiger partial charge in [0.15, 0.2) is 6.20 Å². The number of rotatable bonds is 2. The maximum absolute atomic E-state index is 10.5. The van der Waals surface area contributed by atoms with Gasteiger partial charge >= 0.3 is 0 Å². The van der Waals surface area contributed by atoms with Crippen LogP contribution in [0.4, 0.5) is 0 Å². The summed E-state index contributed by atoms with van der Waals surface area (Å²) < 4.78 is 1.62. The molecule has 3 nitrogen and oxygen atoms in total. The number of primary amides is 1. The summed E-state index contributed by atoms with van der Waals surface area (Å²) >= 11 is 4.93. The molecule has 0 saturated heterocycles. The van der Waals surface area contributed by atoms with Crippen molar-refractivity contribution in [1.29, 1.82) is 0 Å². The lowest BCUT2D eigenvalue weighted by Gasteiger charge is -1.92. The van der Waals surface area contributed by atoms with Gasteiger partial charge in [0.1, 0.15) is 0 Å². The molecule has 1 rings (SSSR count). The van der Waals surface area contributed by atoms with Crippen LogP contribution in [-0.4, -0.2) is 5.91 Å². The van der Waals surface area contributed by atoms with Gasteiger partial charge in [-0.1, -0.05) is 0 Å². The average Bonchev–Trinajstić information content (AvgIpc) is 1.93. The van der Waals surface area contributed by atoms with Gasteiger partial charge in [-0.2, -0.15) is 4.57 Å². The minimum Gasteiger partial charge on any atom is -0.364 e. The van der Waals surface area contributed by atoms with Crippen molar-refractivity contribution in [3.8, 4) is 0 Å². The number of nitrogens with two attached hydrogens (primary N) is 1. The molecule has 57 valence electrons. The third-order valence-electron chi connectivity index (χ3n) is 1.23. The standard InChI is InChI=1S/C7H7N2OS/c8-6(10)5-9-4-2-1-3-7(9)11/h1-4H,5H2,(H-,8,10)/p+1. The molecule has 0 aromatic carbocycles. The molecule has 1 aromatic rings. The zero-order valence-corrected chi connectivity index (χ0v) is 6.67. The van der Waals surface area contributed by atoms with Crippen molar-refractivity contribution >= 4 is 18.5 Å². The minimum absolute atomic E-state index is 0.152. The number of amides is 1. The predicted octanol–water partition coefficient (Wildman–Crippen LogP) is 0.0158. The largest absolute Gasteiger partial charge is 0.364 e. The molecule has 4 heteroatoms. The van der Waals surface area contributed by atoms with Gasteiger partial charge in [0.2, 0.25) is 6.54 Å². The van der Waals surface area contributed by atoms with Crippen LogP contribution < -0.4 is 10.3 Å².